The Morgan fingerprint density at radius 2 is 1.79 bits per heavy atom. The number of ether oxygens (including phenoxy) is 3. The molecule has 2 aliphatic carbocycles. The van der Waals surface area contributed by atoms with Gasteiger partial charge in [0.15, 0.2) is 17.1 Å². The SMILES string of the molecule is O=C(OCCS(=O)(=O)O)c1ccc(OC(F)(F)F)c(OC2(C#CC3CCCC3)CCCC2)c1. The van der Waals surface area contributed by atoms with Crippen molar-refractivity contribution in [3.8, 4) is 23.3 Å². The first-order chi connectivity index (χ1) is 15.4. The fourth-order valence-corrected chi connectivity index (χ4v) is 4.25. The van der Waals surface area contributed by atoms with Gasteiger partial charge < -0.3 is 14.2 Å². The summed E-state index contributed by atoms with van der Waals surface area (Å²) in [5.41, 5.74) is -1.15. The molecule has 1 aromatic rings. The van der Waals surface area contributed by atoms with Crippen molar-refractivity contribution >= 4 is 16.1 Å². The van der Waals surface area contributed by atoms with E-state index < -0.39 is 46.2 Å². The summed E-state index contributed by atoms with van der Waals surface area (Å²) in [6, 6.07) is 3.05. The molecule has 0 aliphatic heterocycles. The van der Waals surface area contributed by atoms with Gasteiger partial charge in [-0.15, -0.1) is 13.2 Å². The maximum absolute atomic E-state index is 12.9. The molecule has 0 unspecified atom stereocenters. The molecule has 11 heteroatoms. The van der Waals surface area contributed by atoms with Crippen LogP contribution in [-0.2, 0) is 14.9 Å². The van der Waals surface area contributed by atoms with E-state index in [2.05, 4.69) is 16.6 Å². The van der Waals surface area contributed by atoms with E-state index in [0.29, 0.717) is 12.8 Å². The average molecular weight is 490 g/mol. The number of hydrogen-bond acceptors (Lipinski definition) is 6. The first kappa shape index (κ1) is 25.2. The van der Waals surface area contributed by atoms with Gasteiger partial charge in [0.2, 0.25) is 0 Å². The van der Waals surface area contributed by atoms with Gasteiger partial charge in [-0.25, -0.2) is 4.79 Å². The average Bonchev–Trinajstić information content (AvgIpc) is 3.38. The minimum atomic E-state index is -4.98. The van der Waals surface area contributed by atoms with Crippen LogP contribution in [0.25, 0.3) is 0 Å². The second kappa shape index (κ2) is 10.2. The number of rotatable bonds is 7. The summed E-state index contributed by atoms with van der Waals surface area (Å²) in [5, 5.41) is 0. The maximum Gasteiger partial charge on any atom is 0.573 e. The van der Waals surface area contributed by atoms with Gasteiger partial charge in [-0.1, -0.05) is 24.7 Å². The molecule has 2 saturated carbocycles. The van der Waals surface area contributed by atoms with Crippen LogP contribution in [0.2, 0.25) is 0 Å². The molecule has 0 atom stereocenters. The Kier molecular flexibility index (Phi) is 7.80. The molecule has 0 saturated heterocycles. The van der Waals surface area contributed by atoms with Gasteiger partial charge >= 0.3 is 12.3 Å². The molecule has 2 fully saturated rings. The second-order valence-corrected chi connectivity index (χ2v) is 9.76. The van der Waals surface area contributed by atoms with E-state index in [4.69, 9.17) is 14.0 Å². The monoisotopic (exact) mass is 490 g/mol. The fourth-order valence-electron chi connectivity index (χ4n) is 3.96. The largest absolute Gasteiger partial charge is 0.573 e. The molecular formula is C22H25F3O7S. The van der Waals surface area contributed by atoms with Gasteiger partial charge in [0.05, 0.1) is 5.56 Å². The lowest BCUT2D eigenvalue weighted by Crippen LogP contribution is -2.31. The number of benzene rings is 1. The number of carbonyl (C=O) groups excluding carboxylic acids is 1. The minimum absolute atomic E-state index is 0.160. The van der Waals surface area contributed by atoms with E-state index in [0.717, 1.165) is 56.7 Å². The fraction of sp³-hybridized carbons (Fsp3) is 0.591. The third-order valence-electron chi connectivity index (χ3n) is 5.56. The highest BCUT2D eigenvalue weighted by molar-refractivity contribution is 7.85. The van der Waals surface area contributed by atoms with Crippen molar-refractivity contribution in [3.05, 3.63) is 23.8 Å². The van der Waals surface area contributed by atoms with Crippen LogP contribution < -0.4 is 9.47 Å². The Balaban J connectivity index is 1.86. The zero-order valence-corrected chi connectivity index (χ0v) is 18.6. The molecule has 1 aromatic carbocycles. The summed E-state index contributed by atoms with van der Waals surface area (Å²) < 4.78 is 84.0. The van der Waals surface area contributed by atoms with Crippen molar-refractivity contribution in [2.75, 3.05) is 12.4 Å². The first-order valence-electron chi connectivity index (χ1n) is 10.7. The summed E-state index contributed by atoms with van der Waals surface area (Å²) in [6.45, 7) is -0.620. The molecule has 182 valence electrons. The standard InChI is InChI=1S/C22H25F3O7S/c23-22(24,25)32-18-8-7-17(20(26)30-13-14-33(27,28)29)15-19(18)31-21(10-3-4-11-21)12-9-16-5-1-2-6-16/h7-8,15-16H,1-6,10-11,13-14H2,(H,27,28,29). The van der Waals surface area contributed by atoms with E-state index in [1.165, 1.54) is 0 Å². The summed E-state index contributed by atoms with van der Waals surface area (Å²) in [4.78, 5) is 12.3. The molecule has 0 bridgehead atoms. The molecule has 33 heavy (non-hydrogen) atoms. The lowest BCUT2D eigenvalue weighted by atomic mass is 10.00. The Morgan fingerprint density at radius 3 is 2.39 bits per heavy atom. The third kappa shape index (κ3) is 7.82. The number of esters is 1. The molecule has 0 aromatic heterocycles. The quantitative estimate of drug-likeness (QED) is 0.341. The van der Waals surface area contributed by atoms with Crippen molar-refractivity contribution in [2.45, 2.75) is 63.3 Å². The Hall–Kier alpha value is -2.45. The van der Waals surface area contributed by atoms with Crippen molar-refractivity contribution in [3.63, 3.8) is 0 Å². The van der Waals surface area contributed by atoms with Gasteiger partial charge in [-0.2, -0.15) is 8.42 Å². The molecule has 3 rings (SSSR count). The first-order valence-corrected chi connectivity index (χ1v) is 12.3. The molecule has 1 N–H and O–H groups in total. The van der Waals surface area contributed by atoms with Gasteiger partial charge in [-0.3, -0.25) is 4.55 Å². The predicted octanol–water partition coefficient (Wildman–Crippen LogP) is 4.52. The highest BCUT2D eigenvalue weighted by Gasteiger charge is 2.38. The van der Waals surface area contributed by atoms with Crippen LogP contribution in [0.1, 0.15) is 61.7 Å². The van der Waals surface area contributed by atoms with E-state index in [-0.39, 0.29) is 17.2 Å². The number of alkyl halides is 3. The van der Waals surface area contributed by atoms with E-state index in [1.807, 2.05) is 0 Å². The molecular weight excluding hydrogens is 465 g/mol. The normalized spacial score (nSPS) is 18.4. The molecule has 0 amide bonds. The molecule has 0 spiro atoms. The summed E-state index contributed by atoms with van der Waals surface area (Å²) in [5.74, 6) is 3.89. The summed E-state index contributed by atoms with van der Waals surface area (Å²) >= 11 is 0. The zero-order chi connectivity index (χ0) is 24.1. The highest BCUT2D eigenvalue weighted by Crippen LogP contribution is 2.40. The van der Waals surface area contributed by atoms with E-state index in [9.17, 15) is 26.4 Å². The Labute approximate surface area is 190 Å². The van der Waals surface area contributed by atoms with Crippen LogP contribution in [-0.4, -0.2) is 43.3 Å². The molecule has 0 radical (unpaired) electrons. The second-order valence-electron chi connectivity index (χ2n) is 8.19. The van der Waals surface area contributed by atoms with E-state index >= 15 is 0 Å². The predicted molar refractivity (Wildman–Crippen MR) is 111 cm³/mol. The maximum atomic E-state index is 12.9. The molecule has 7 nitrogen and oxygen atoms in total. The van der Waals surface area contributed by atoms with Crippen LogP contribution in [0.15, 0.2) is 18.2 Å². The minimum Gasteiger partial charge on any atom is -0.471 e. The lowest BCUT2D eigenvalue weighted by molar-refractivity contribution is -0.275. The lowest BCUT2D eigenvalue weighted by Gasteiger charge is -2.26. The zero-order valence-electron chi connectivity index (χ0n) is 17.8. The van der Waals surface area contributed by atoms with Crippen LogP contribution in [0.5, 0.6) is 11.5 Å². The highest BCUT2D eigenvalue weighted by atomic mass is 32.2. The van der Waals surface area contributed by atoms with Crippen LogP contribution in [0.4, 0.5) is 13.2 Å². The Morgan fingerprint density at radius 1 is 1.12 bits per heavy atom. The van der Waals surface area contributed by atoms with Crippen LogP contribution >= 0.6 is 0 Å². The van der Waals surface area contributed by atoms with Gasteiger partial charge in [0.1, 0.15) is 12.4 Å². The van der Waals surface area contributed by atoms with Crippen LogP contribution in [0, 0.1) is 17.8 Å². The van der Waals surface area contributed by atoms with Gasteiger partial charge in [0.25, 0.3) is 10.1 Å². The molecule has 2 aliphatic rings. The number of hydrogen-bond donors (Lipinski definition) is 1. The summed E-state index contributed by atoms with van der Waals surface area (Å²) in [7, 11) is -4.34. The van der Waals surface area contributed by atoms with Crippen molar-refractivity contribution in [2.24, 2.45) is 5.92 Å². The van der Waals surface area contributed by atoms with Crippen molar-refractivity contribution in [1.82, 2.24) is 0 Å². The summed E-state index contributed by atoms with van der Waals surface area (Å²) in [6.07, 6.45) is 1.83. The smallest absolute Gasteiger partial charge is 0.471 e. The van der Waals surface area contributed by atoms with Crippen molar-refractivity contribution in [1.29, 1.82) is 0 Å². The van der Waals surface area contributed by atoms with Crippen LogP contribution in [0.3, 0.4) is 0 Å². The van der Waals surface area contributed by atoms with Crippen molar-refractivity contribution < 1.29 is 45.1 Å². The van der Waals surface area contributed by atoms with Gasteiger partial charge in [-0.05, 0) is 56.7 Å². The topological polar surface area (TPSA) is 99.1 Å². The third-order valence-corrected chi connectivity index (χ3v) is 6.24. The molecule has 0 heterocycles. The van der Waals surface area contributed by atoms with Gasteiger partial charge in [0, 0.05) is 5.92 Å². The van der Waals surface area contributed by atoms with E-state index in [1.54, 1.807) is 0 Å². The number of carbonyl (C=O) groups is 1. The Bertz CT molecular complexity index is 1010. The number of halogens is 3.